The lowest BCUT2D eigenvalue weighted by Crippen LogP contribution is -2.16. The van der Waals surface area contributed by atoms with Crippen molar-refractivity contribution in [2.24, 2.45) is 0 Å². The minimum atomic E-state index is 0.236. The van der Waals surface area contributed by atoms with Crippen molar-refractivity contribution in [3.8, 4) is 33.8 Å². The van der Waals surface area contributed by atoms with Gasteiger partial charge in [0, 0.05) is 32.8 Å². The molecule has 5 heteroatoms. The standard InChI is InChI=1S/C40H24N4O/c41-33-18-15-23-12-13-26-20-25(14-17-29(26)37(23)38(33)42)24-6-5-7-28(21-24)40-43-34-10-3-1-9-31(34)39(44-40)27-16-19-36-32(22-27)30-8-2-4-11-35(30)45-36/h1-22,41-42H. The molecule has 0 amide bonds. The van der Waals surface area contributed by atoms with Crippen LogP contribution in [0, 0.1) is 10.8 Å². The fourth-order valence-electron chi connectivity index (χ4n) is 6.47. The van der Waals surface area contributed by atoms with Crippen LogP contribution in [0.25, 0.3) is 83.5 Å². The summed E-state index contributed by atoms with van der Waals surface area (Å²) in [6.07, 6.45) is 3.61. The van der Waals surface area contributed by atoms with Crippen molar-refractivity contribution in [1.82, 2.24) is 9.97 Å². The molecule has 6 aromatic carbocycles. The van der Waals surface area contributed by atoms with Crippen molar-refractivity contribution >= 4 is 61.1 Å². The third kappa shape index (κ3) is 4.02. The van der Waals surface area contributed by atoms with Gasteiger partial charge in [-0.1, -0.05) is 84.9 Å². The number of furan rings is 1. The van der Waals surface area contributed by atoms with Crippen molar-refractivity contribution in [3.05, 3.63) is 139 Å². The summed E-state index contributed by atoms with van der Waals surface area (Å²) in [5.41, 5.74) is 9.85. The molecule has 0 radical (unpaired) electrons. The summed E-state index contributed by atoms with van der Waals surface area (Å²) in [6.45, 7) is 0. The minimum absolute atomic E-state index is 0.236. The molecule has 0 unspecified atom stereocenters. The van der Waals surface area contributed by atoms with Gasteiger partial charge in [-0.15, -0.1) is 0 Å². The molecule has 0 atom stereocenters. The second kappa shape index (κ2) is 9.66. The Labute approximate surface area is 258 Å². The smallest absolute Gasteiger partial charge is 0.160 e. The van der Waals surface area contributed by atoms with Crippen LogP contribution in [0.3, 0.4) is 0 Å². The zero-order chi connectivity index (χ0) is 30.1. The third-order valence-electron chi connectivity index (χ3n) is 8.71. The molecule has 0 aliphatic heterocycles. The molecule has 1 aliphatic rings. The molecular weight excluding hydrogens is 552 g/mol. The highest BCUT2D eigenvalue weighted by Crippen LogP contribution is 2.36. The molecule has 0 saturated heterocycles. The predicted molar refractivity (Wildman–Crippen MR) is 184 cm³/mol. The number of benzene rings is 6. The fraction of sp³-hybridized carbons (Fsp3) is 0. The quantitative estimate of drug-likeness (QED) is 0.219. The molecule has 0 fully saturated rings. The molecule has 45 heavy (non-hydrogen) atoms. The van der Waals surface area contributed by atoms with E-state index in [1.54, 1.807) is 6.08 Å². The highest BCUT2D eigenvalue weighted by atomic mass is 16.3. The van der Waals surface area contributed by atoms with E-state index in [0.717, 1.165) is 82.7 Å². The van der Waals surface area contributed by atoms with E-state index in [4.69, 9.17) is 25.2 Å². The average molecular weight is 577 g/mol. The van der Waals surface area contributed by atoms with Crippen molar-refractivity contribution in [2.45, 2.75) is 0 Å². The molecule has 9 rings (SSSR count). The number of hydrogen-bond acceptors (Lipinski definition) is 5. The molecule has 5 nitrogen and oxygen atoms in total. The van der Waals surface area contributed by atoms with Gasteiger partial charge in [-0.2, -0.15) is 0 Å². The molecule has 2 aromatic heterocycles. The highest BCUT2D eigenvalue weighted by molar-refractivity contribution is 6.53. The molecule has 8 aromatic rings. The minimum Gasteiger partial charge on any atom is -0.456 e. The first-order chi connectivity index (χ1) is 22.1. The molecule has 2 N–H and O–H groups in total. The SMILES string of the molecule is N=C1C=Cc2ccc3cc(-c4cccc(-c5nc(-c6ccc7oc8ccccc8c7c6)c6ccccc6n5)c4)ccc3c2C1=N. The Kier molecular flexibility index (Phi) is 5.43. The summed E-state index contributed by atoms with van der Waals surface area (Å²) in [6, 6.07) is 41.3. The van der Waals surface area contributed by atoms with E-state index in [0.29, 0.717) is 5.82 Å². The Morgan fingerprint density at radius 3 is 2.22 bits per heavy atom. The molecule has 0 bridgehead atoms. The maximum absolute atomic E-state index is 8.51. The van der Waals surface area contributed by atoms with Gasteiger partial charge in [-0.05, 0) is 76.0 Å². The van der Waals surface area contributed by atoms with Crippen LogP contribution in [0.4, 0.5) is 0 Å². The summed E-state index contributed by atoms with van der Waals surface area (Å²) in [5.74, 6) is 0.663. The Morgan fingerprint density at radius 2 is 1.29 bits per heavy atom. The number of allylic oxidation sites excluding steroid dienone is 1. The first kappa shape index (κ1) is 25.3. The molecule has 210 valence electrons. The Hall–Kier alpha value is -6.20. The number of nitrogens with one attached hydrogen (secondary N) is 2. The third-order valence-corrected chi connectivity index (χ3v) is 8.71. The van der Waals surface area contributed by atoms with E-state index in [9.17, 15) is 0 Å². The van der Waals surface area contributed by atoms with Gasteiger partial charge in [-0.3, -0.25) is 10.8 Å². The molecule has 0 saturated carbocycles. The summed E-state index contributed by atoms with van der Waals surface area (Å²) >= 11 is 0. The lowest BCUT2D eigenvalue weighted by Gasteiger charge is -2.16. The fourth-order valence-corrected chi connectivity index (χ4v) is 6.47. The van der Waals surface area contributed by atoms with E-state index in [1.165, 1.54) is 0 Å². The van der Waals surface area contributed by atoms with Crippen LogP contribution >= 0.6 is 0 Å². The Morgan fingerprint density at radius 1 is 0.511 bits per heavy atom. The van der Waals surface area contributed by atoms with Gasteiger partial charge in [-0.25, -0.2) is 9.97 Å². The number of hydrogen-bond donors (Lipinski definition) is 2. The summed E-state index contributed by atoms with van der Waals surface area (Å²) in [5, 5.41) is 21.8. The van der Waals surface area contributed by atoms with Gasteiger partial charge < -0.3 is 4.42 Å². The van der Waals surface area contributed by atoms with Gasteiger partial charge in [0.2, 0.25) is 0 Å². The maximum Gasteiger partial charge on any atom is 0.160 e. The van der Waals surface area contributed by atoms with Crippen LogP contribution in [0.15, 0.2) is 132 Å². The predicted octanol–water partition coefficient (Wildman–Crippen LogP) is 10.1. The van der Waals surface area contributed by atoms with Crippen LogP contribution < -0.4 is 0 Å². The number of fused-ring (bicyclic) bond motifs is 7. The van der Waals surface area contributed by atoms with Gasteiger partial charge in [0.15, 0.2) is 5.82 Å². The first-order valence-electron chi connectivity index (χ1n) is 14.8. The highest BCUT2D eigenvalue weighted by Gasteiger charge is 2.18. The van der Waals surface area contributed by atoms with Gasteiger partial charge >= 0.3 is 0 Å². The number of para-hydroxylation sites is 2. The van der Waals surface area contributed by atoms with E-state index in [-0.39, 0.29) is 11.4 Å². The molecular formula is C40H24N4O. The van der Waals surface area contributed by atoms with E-state index >= 15 is 0 Å². The lowest BCUT2D eigenvalue weighted by atomic mass is 9.88. The summed E-state index contributed by atoms with van der Waals surface area (Å²) in [4.78, 5) is 10.2. The second-order valence-corrected chi connectivity index (χ2v) is 11.4. The Balaban J connectivity index is 1.17. The number of aromatic nitrogens is 2. The lowest BCUT2D eigenvalue weighted by molar-refractivity contribution is 0.669. The summed E-state index contributed by atoms with van der Waals surface area (Å²) in [7, 11) is 0. The largest absolute Gasteiger partial charge is 0.456 e. The normalized spacial score (nSPS) is 12.9. The van der Waals surface area contributed by atoms with E-state index < -0.39 is 0 Å². The van der Waals surface area contributed by atoms with Crippen LogP contribution in [0.5, 0.6) is 0 Å². The molecule has 1 aliphatic carbocycles. The average Bonchev–Trinajstić information content (AvgIpc) is 3.47. The number of rotatable bonds is 3. The molecule has 0 spiro atoms. The van der Waals surface area contributed by atoms with Gasteiger partial charge in [0.05, 0.1) is 22.6 Å². The second-order valence-electron chi connectivity index (χ2n) is 11.4. The van der Waals surface area contributed by atoms with Crippen LogP contribution in [0.1, 0.15) is 11.1 Å². The van der Waals surface area contributed by atoms with Crippen molar-refractivity contribution in [3.63, 3.8) is 0 Å². The van der Waals surface area contributed by atoms with Crippen molar-refractivity contribution < 1.29 is 4.42 Å². The number of nitrogens with zero attached hydrogens (tertiary/aromatic N) is 2. The van der Waals surface area contributed by atoms with Crippen LogP contribution in [-0.4, -0.2) is 21.4 Å². The summed E-state index contributed by atoms with van der Waals surface area (Å²) < 4.78 is 6.09. The maximum atomic E-state index is 8.51. The van der Waals surface area contributed by atoms with Crippen molar-refractivity contribution in [2.75, 3.05) is 0 Å². The monoisotopic (exact) mass is 576 g/mol. The van der Waals surface area contributed by atoms with Gasteiger partial charge in [0.25, 0.3) is 0 Å². The Bertz CT molecular complexity index is 2590. The zero-order valence-corrected chi connectivity index (χ0v) is 24.0. The van der Waals surface area contributed by atoms with Crippen LogP contribution in [0.2, 0.25) is 0 Å². The molecule has 2 heterocycles. The van der Waals surface area contributed by atoms with Crippen molar-refractivity contribution in [1.29, 1.82) is 10.8 Å². The van der Waals surface area contributed by atoms with E-state index in [2.05, 4.69) is 66.7 Å². The topological polar surface area (TPSA) is 86.6 Å². The zero-order valence-electron chi connectivity index (χ0n) is 24.0. The van der Waals surface area contributed by atoms with Gasteiger partial charge in [0.1, 0.15) is 11.2 Å². The first-order valence-corrected chi connectivity index (χ1v) is 14.8. The van der Waals surface area contributed by atoms with Crippen LogP contribution in [-0.2, 0) is 0 Å². The van der Waals surface area contributed by atoms with E-state index in [1.807, 2.05) is 60.7 Å².